The van der Waals surface area contributed by atoms with Gasteiger partial charge in [0.25, 0.3) is 11.6 Å². The Bertz CT molecular complexity index is 1310. The Morgan fingerprint density at radius 3 is 2.19 bits per heavy atom. The van der Waals surface area contributed by atoms with Crippen LogP contribution in [0.1, 0.15) is 75.1 Å². The number of fused-ring (bicyclic) bond motifs is 1. The lowest BCUT2D eigenvalue weighted by molar-refractivity contribution is -0.384. The number of benzene rings is 2. The summed E-state index contributed by atoms with van der Waals surface area (Å²) < 4.78 is 4.74. The van der Waals surface area contributed by atoms with Crippen molar-refractivity contribution in [3.8, 4) is 0 Å². The molecule has 230 valence electrons. The fraction of sp³-hybridized carbons (Fsp3) is 0.469. The molecule has 0 spiro atoms. The zero-order valence-corrected chi connectivity index (χ0v) is 24.7. The van der Waals surface area contributed by atoms with Crippen LogP contribution in [-0.4, -0.2) is 58.1 Å². The first kappa shape index (κ1) is 31.8. The third kappa shape index (κ3) is 7.47. The summed E-state index contributed by atoms with van der Waals surface area (Å²) in [6, 6.07) is 10.2. The number of rotatable bonds is 15. The molecule has 2 N–H and O–H groups in total. The molecule has 2 aromatic rings. The van der Waals surface area contributed by atoms with Gasteiger partial charge < -0.3 is 15.3 Å². The van der Waals surface area contributed by atoms with Crippen LogP contribution >= 0.6 is 0 Å². The van der Waals surface area contributed by atoms with E-state index in [9.17, 15) is 29.6 Å². The lowest BCUT2D eigenvalue weighted by Gasteiger charge is -2.40. The van der Waals surface area contributed by atoms with Gasteiger partial charge in [-0.2, -0.15) is 0 Å². The molecule has 4 atom stereocenters. The number of anilines is 2. The summed E-state index contributed by atoms with van der Waals surface area (Å²) in [7, 11) is 1.27. The first-order chi connectivity index (χ1) is 20.8. The van der Waals surface area contributed by atoms with Crippen molar-refractivity contribution in [2.45, 2.75) is 82.9 Å². The minimum absolute atomic E-state index is 0.0815. The van der Waals surface area contributed by atoms with Crippen molar-refractivity contribution in [1.82, 2.24) is 5.01 Å². The second-order valence-electron chi connectivity index (χ2n) is 11.1. The minimum Gasteiger partial charge on any atom is -0.465 e. The number of nitro benzene ring substituents is 1. The summed E-state index contributed by atoms with van der Waals surface area (Å²) in [6.45, 7) is 2.19. The third-order valence-corrected chi connectivity index (χ3v) is 8.09. The molecule has 4 rings (SSSR count). The maximum atomic E-state index is 13.9. The number of carbonyl (C=O) groups is 3. The number of aliphatic hydroxyl groups is 1. The minimum atomic E-state index is -0.966. The Morgan fingerprint density at radius 1 is 0.953 bits per heavy atom. The number of nitrogens with zero attached hydrogens (tertiary/aromatic N) is 3. The number of aliphatic hydroxyl groups excluding tert-OH is 1. The number of hydrazine groups is 1. The molecule has 0 aliphatic carbocycles. The van der Waals surface area contributed by atoms with Gasteiger partial charge >= 0.3 is 5.97 Å². The normalized spacial score (nSPS) is 20.6. The number of carbonyl (C=O) groups excluding carboxylic acids is 3. The second-order valence-corrected chi connectivity index (χ2v) is 11.1. The summed E-state index contributed by atoms with van der Waals surface area (Å²) in [5.74, 6) is -2.26. The van der Waals surface area contributed by atoms with Gasteiger partial charge in [0.2, 0.25) is 5.91 Å². The van der Waals surface area contributed by atoms with Gasteiger partial charge in [-0.1, -0.05) is 70.4 Å². The lowest BCUT2D eigenvalue weighted by Crippen LogP contribution is -2.57. The Hall–Kier alpha value is -4.09. The number of methoxy groups -OCH3 is 1. The van der Waals surface area contributed by atoms with Crippen LogP contribution in [0.2, 0.25) is 0 Å². The molecular weight excluding hydrogens is 552 g/mol. The standard InChI is InChI=1S/C32H40N4O7/c1-3-4-5-6-7-8-9-10-11-28(37)27-21-20-26-29(35(27)33-23-14-18-25(19-15-23)36(41)42)31(39)34(30(26)38)24-16-12-22(13-17-24)32(40)43-2/h12-21,26-29,33,37H,3-11H2,1-2H3/t26?,27?,28-,29-/m0/s1. The number of hydrogen-bond donors (Lipinski definition) is 2. The van der Waals surface area contributed by atoms with Gasteiger partial charge in [0.05, 0.1) is 41.3 Å². The monoisotopic (exact) mass is 592 g/mol. The molecule has 2 aliphatic rings. The summed E-state index contributed by atoms with van der Waals surface area (Å²) in [6.07, 6.45) is 12.1. The molecule has 43 heavy (non-hydrogen) atoms. The van der Waals surface area contributed by atoms with Crippen LogP contribution in [0, 0.1) is 16.0 Å². The average Bonchev–Trinajstić information content (AvgIpc) is 3.27. The van der Waals surface area contributed by atoms with E-state index in [2.05, 4.69) is 12.3 Å². The van der Waals surface area contributed by atoms with Gasteiger partial charge in [-0.15, -0.1) is 0 Å². The van der Waals surface area contributed by atoms with E-state index in [1.54, 1.807) is 17.2 Å². The predicted octanol–water partition coefficient (Wildman–Crippen LogP) is 5.40. The number of unbranched alkanes of at least 4 members (excludes halogenated alkanes) is 7. The van der Waals surface area contributed by atoms with Crippen LogP contribution in [0.3, 0.4) is 0 Å². The average molecular weight is 593 g/mol. The van der Waals surface area contributed by atoms with Crippen molar-refractivity contribution in [2.75, 3.05) is 17.4 Å². The summed E-state index contributed by atoms with van der Waals surface area (Å²) in [5.41, 5.74) is 4.17. The Balaban J connectivity index is 1.53. The predicted molar refractivity (Wildman–Crippen MR) is 162 cm³/mol. The van der Waals surface area contributed by atoms with Crippen molar-refractivity contribution in [1.29, 1.82) is 0 Å². The highest BCUT2D eigenvalue weighted by atomic mass is 16.6. The van der Waals surface area contributed by atoms with Crippen LogP contribution in [-0.2, 0) is 14.3 Å². The van der Waals surface area contributed by atoms with Gasteiger partial charge in [0.1, 0.15) is 6.04 Å². The third-order valence-electron chi connectivity index (χ3n) is 8.09. The van der Waals surface area contributed by atoms with Gasteiger partial charge in [-0.25, -0.2) is 14.7 Å². The Morgan fingerprint density at radius 2 is 1.58 bits per heavy atom. The molecule has 0 aromatic heterocycles. The second kappa shape index (κ2) is 14.9. The molecule has 2 aromatic carbocycles. The maximum Gasteiger partial charge on any atom is 0.337 e. The largest absolute Gasteiger partial charge is 0.465 e. The fourth-order valence-corrected chi connectivity index (χ4v) is 5.71. The van der Waals surface area contributed by atoms with Crippen LogP contribution < -0.4 is 10.3 Å². The number of non-ortho nitro benzene ring substituents is 1. The van der Waals surface area contributed by atoms with Gasteiger partial charge in [-0.3, -0.25) is 19.7 Å². The van der Waals surface area contributed by atoms with Crippen molar-refractivity contribution >= 4 is 34.8 Å². The van der Waals surface area contributed by atoms with Crippen molar-refractivity contribution in [2.24, 2.45) is 5.92 Å². The number of ether oxygens (including phenoxy) is 1. The molecule has 2 heterocycles. The molecule has 11 nitrogen and oxygen atoms in total. The molecule has 11 heteroatoms. The fourth-order valence-electron chi connectivity index (χ4n) is 5.71. The van der Waals surface area contributed by atoms with Gasteiger partial charge in [0, 0.05) is 17.8 Å². The molecule has 1 fully saturated rings. The molecule has 0 radical (unpaired) electrons. The maximum absolute atomic E-state index is 13.9. The molecule has 2 amide bonds. The highest BCUT2D eigenvalue weighted by molar-refractivity contribution is 6.24. The SMILES string of the molecule is CCCCCCCCCC[C@H](O)C1C=CC2C(=O)N(c3ccc(C(=O)OC)cc3)C(=O)[C@H]2N1Nc1ccc([N+](=O)[O-])cc1. The quantitative estimate of drug-likeness (QED) is 0.0694. The van der Waals surface area contributed by atoms with E-state index in [1.165, 1.54) is 87.7 Å². The molecule has 1 saturated heterocycles. The first-order valence-corrected chi connectivity index (χ1v) is 15.0. The molecule has 2 unspecified atom stereocenters. The number of nitro groups is 1. The van der Waals surface area contributed by atoms with E-state index in [4.69, 9.17) is 4.74 Å². The van der Waals surface area contributed by atoms with Crippen molar-refractivity contribution in [3.05, 3.63) is 76.4 Å². The topological polar surface area (TPSA) is 142 Å². The van der Waals surface area contributed by atoms with Crippen molar-refractivity contribution < 1.29 is 29.2 Å². The van der Waals surface area contributed by atoms with Crippen LogP contribution in [0.25, 0.3) is 0 Å². The molecular formula is C32H40N4O7. The molecule has 2 aliphatic heterocycles. The van der Waals surface area contributed by atoms with Crippen LogP contribution in [0.4, 0.5) is 17.1 Å². The zero-order chi connectivity index (χ0) is 30.9. The van der Waals surface area contributed by atoms with E-state index < -0.39 is 46.8 Å². The van der Waals surface area contributed by atoms with Crippen molar-refractivity contribution in [3.63, 3.8) is 0 Å². The van der Waals surface area contributed by atoms with E-state index in [0.29, 0.717) is 17.8 Å². The molecule has 0 saturated carbocycles. The van der Waals surface area contributed by atoms with E-state index in [0.717, 1.165) is 24.2 Å². The van der Waals surface area contributed by atoms with Crippen LogP contribution in [0.5, 0.6) is 0 Å². The summed E-state index contributed by atoms with van der Waals surface area (Å²) in [5, 5.41) is 24.0. The van der Waals surface area contributed by atoms with E-state index >= 15 is 0 Å². The zero-order valence-electron chi connectivity index (χ0n) is 24.7. The lowest BCUT2D eigenvalue weighted by atomic mass is 9.91. The summed E-state index contributed by atoms with van der Waals surface area (Å²) >= 11 is 0. The Labute approximate surface area is 251 Å². The highest BCUT2D eigenvalue weighted by Crippen LogP contribution is 2.36. The molecule has 0 bridgehead atoms. The smallest absolute Gasteiger partial charge is 0.337 e. The van der Waals surface area contributed by atoms with E-state index in [-0.39, 0.29) is 11.3 Å². The number of imide groups is 1. The van der Waals surface area contributed by atoms with Gasteiger partial charge in [0.15, 0.2) is 0 Å². The number of nitrogens with one attached hydrogen (secondary N) is 1. The first-order valence-electron chi connectivity index (χ1n) is 15.0. The Kier molecular flexibility index (Phi) is 11.0. The highest BCUT2D eigenvalue weighted by Gasteiger charge is 2.54. The van der Waals surface area contributed by atoms with Gasteiger partial charge in [-0.05, 0) is 42.8 Å². The van der Waals surface area contributed by atoms with E-state index in [1.807, 2.05) is 0 Å². The summed E-state index contributed by atoms with van der Waals surface area (Å²) in [4.78, 5) is 51.0. The number of hydrogen-bond acceptors (Lipinski definition) is 9. The number of esters is 1. The number of amides is 2. The van der Waals surface area contributed by atoms with Crippen LogP contribution in [0.15, 0.2) is 60.7 Å².